The minimum Gasteiger partial charge on any atom is -0.479 e. The highest BCUT2D eigenvalue weighted by atomic mass is 19.1. The maximum Gasteiger partial charge on any atom is 0.269 e. The predicted molar refractivity (Wildman–Crippen MR) is 118 cm³/mol. The lowest BCUT2D eigenvalue weighted by atomic mass is 10.1. The summed E-state index contributed by atoms with van der Waals surface area (Å²) >= 11 is 0. The number of ether oxygens (including phenoxy) is 1. The van der Waals surface area contributed by atoms with Gasteiger partial charge in [-0.2, -0.15) is 5.10 Å². The van der Waals surface area contributed by atoms with Gasteiger partial charge < -0.3 is 15.0 Å². The molecule has 0 bridgehead atoms. The number of aromatic amines is 1. The summed E-state index contributed by atoms with van der Waals surface area (Å²) in [6.07, 6.45) is 1.67. The predicted octanol–water partition coefficient (Wildman–Crippen LogP) is 1.15. The van der Waals surface area contributed by atoms with Crippen LogP contribution in [0.25, 0.3) is 11.3 Å². The molecular weight excluding hydrogens is 429 g/mol. The average Bonchev–Trinajstić information content (AvgIpc) is 3.46. The van der Waals surface area contributed by atoms with E-state index in [1.165, 1.54) is 19.2 Å². The van der Waals surface area contributed by atoms with Gasteiger partial charge in [0.1, 0.15) is 17.1 Å². The molecule has 4 rings (SSSR count). The van der Waals surface area contributed by atoms with Crippen LogP contribution in [0.2, 0.25) is 0 Å². The highest BCUT2D eigenvalue weighted by Crippen LogP contribution is 2.19. The van der Waals surface area contributed by atoms with Gasteiger partial charge in [0.2, 0.25) is 5.88 Å². The first-order chi connectivity index (χ1) is 15.9. The van der Waals surface area contributed by atoms with Crippen molar-refractivity contribution in [3.8, 4) is 17.1 Å². The summed E-state index contributed by atoms with van der Waals surface area (Å²) in [5, 5.41) is 13.9. The van der Waals surface area contributed by atoms with Gasteiger partial charge in [0, 0.05) is 58.1 Å². The van der Waals surface area contributed by atoms with E-state index in [-0.39, 0.29) is 17.6 Å². The van der Waals surface area contributed by atoms with Crippen molar-refractivity contribution in [2.45, 2.75) is 0 Å². The second kappa shape index (κ2) is 9.82. The van der Waals surface area contributed by atoms with Gasteiger partial charge in [-0.3, -0.25) is 24.3 Å². The molecule has 33 heavy (non-hydrogen) atoms. The van der Waals surface area contributed by atoms with Gasteiger partial charge in [-0.25, -0.2) is 4.39 Å². The Balaban J connectivity index is 1.22. The van der Waals surface area contributed by atoms with Crippen molar-refractivity contribution >= 4 is 11.8 Å². The van der Waals surface area contributed by atoms with Gasteiger partial charge in [0.05, 0.1) is 12.8 Å². The number of H-pyrrole nitrogens is 1. The van der Waals surface area contributed by atoms with E-state index in [0.717, 1.165) is 5.56 Å². The Morgan fingerprint density at radius 1 is 1.18 bits per heavy atom. The molecule has 1 fully saturated rings. The number of aromatic nitrogens is 4. The second-order valence-electron chi connectivity index (χ2n) is 7.79. The minimum absolute atomic E-state index is 0.0934. The minimum atomic E-state index is -0.325. The lowest BCUT2D eigenvalue weighted by Crippen LogP contribution is -2.50. The van der Waals surface area contributed by atoms with Gasteiger partial charge in [0.15, 0.2) is 0 Å². The third-order valence-electron chi connectivity index (χ3n) is 5.55. The molecule has 2 amide bonds. The Morgan fingerprint density at radius 3 is 2.61 bits per heavy atom. The van der Waals surface area contributed by atoms with E-state index in [1.54, 1.807) is 41.0 Å². The molecule has 3 aromatic rings. The van der Waals surface area contributed by atoms with Gasteiger partial charge in [-0.1, -0.05) is 0 Å². The average molecular weight is 455 g/mol. The molecule has 2 N–H and O–H groups in total. The Bertz CT molecular complexity index is 1120. The zero-order valence-corrected chi connectivity index (χ0v) is 18.5. The highest BCUT2D eigenvalue weighted by molar-refractivity contribution is 5.96. The first kappa shape index (κ1) is 22.5. The van der Waals surface area contributed by atoms with Crippen molar-refractivity contribution in [3.63, 3.8) is 0 Å². The summed E-state index contributed by atoms with van der Waals surface area (Å²) in [5.74, 6) is -0.347. The largest absolute Gasteiger partial charge is 0.479 e. The Labute approximate surface area is 190 Å². The third kappa shape index (κ3) is 5.20. The summed E-state index contributed by atoms with van der Waals surface area (Å²) in [4.78, 5) is 29.2. The normalized spacial score (nSPS) is 14.3. The standard InChI is InChI=1S/C22H26FN7O3/c1-28-14-17(21(27-28)33-2)22(32)30-11-9-29(10-12-30)8-7-24-20(31)19-13-18(25-26-19)15-3-5-16(23)6-4-15/h3-6,13-14H,7-12H2,1-2H3,(H,24,31)(H,25,26). The van der Waals surface area contributed by atoms with Gasteiger partial charge in [0.25, 0.3) is 11.8 Å². The molecule has 0 unspecified atom stereocenters. The number of aryl methyl sites for hydroxylation is 1. The van der Waals surface area contributed by atoms with Crippen LogP contribution >= 0.6 is 0 Å². The number of methoxy groups -OCH3 is 1. The fraction of sp³-hybridized carbons (Fsp3) is 0.364. The second-order valence-corrected chi connectivity index (χ2v) is 7.79. The van der Waals surface area contributed by atoms with E-state index in [4.69, 9.17) is 4.74 Å². The van der Waals surface area contributed by atoms with E-state index >= 15 is 0 Å². The molecule has 2 aromatic heterocycles. The summed E-state index contributed by atoms with van der Waals surface area (Å²) in [7, 11) is 3.25. The monoisotopic (exact) mass is 455 g/mol. The molecule has 3 heterocycles. The van der Waals surface area contributed by atoms with Crippen LogP contribution in [0, 0.1) is 5.82 Å². The van der Waals surface area contributed by atoms with Crippen molar-refractivity contribution in [2.24, 2.45) is 7.05 Å². The topological polar surface area (TPSA) is 108 Å². The van der Waals surface area contributed by atoms with Crippen molar-refractivity contribution < 1.29 is 18.7 Å². The van der Waals surface area contributed by atoms with Crippen LogP contribution in [0.1, 0.15) is 20.8 Å². The molecule has 1 aliphatic rings. The number of nitrogens with one attached hydrogen (secondary N) is 2. The first-order valence-electron chi connectivity index (χ1n) is 10.6. The van der Waals surface area contributed by atoms with Crippen LogP contribution in [0.3, 0.4) is 0 Å². The van der Waals surface area contributed by atoms with Crippen molar-refractivity contribution in [3.05, 3.63) is 53.6 Å². The van der Waals surface area contributed by atoms with Crippen molar-refractivity contribution in [2.75, 3.05) is 46.4 Å². The Kier molecular flexibility index (Phi) is 6.68. The van der Waals surface area contributed by atoms with E-state index in [2.05, 4.69) is 25.5 Å². The number of amides is 2. The van der Waals surface area contributed by atoms with E-state index in [9.17, 15) is 14.0 Å². The molecule has 0 atom stereocenters. The van der Waals surface area contributed by atoms with Gasteiger partial charge in [-0.05, 0) is 30.3 Å². The van der Waals surface area contributed by atoms with E-state index in [0.29, 0.717) is 62.1 Å². The zero-order valence-electron chi connectivity index (χ0n) is 18.5. The molecule has 1 aromatic carbocycles. The fourth-order valence-electron chi connectivity index (χ4n) is 3.74. The number of piperazine rings is 1. The summed E-state index contributed by atoms with van der Waals surface area (Å²) < 4.78 is 19.8. The summed E-state index contributed by atoms with van der Waals surface area (Å²) in [6, 6.07) is 7.57. The highest BCUT2D eigenvalue weighted by Gasteiger charge is 2.26. The zero-order chi connectivity index (χ0) is 23.4. The Hall–Kier alpha value is -3.73. The molecule has 11 heteroatoms. The van der Waals surface area contributed by atoms with Crippen LogP contribution in [-0.2, 0) is 7.05 Å². The fourth-order valence-corrected chi connectivity index (χ4v) is 3.74. The van der Waals surface area contributed by atoms with Crippen LogP contribution < -0.4 is 10.1 Å². The third-order valence-corrected chi connectivity index (χ3v) is 5.55. The molecule has 0 aliphatic carbocycles. The molecule has 1 saturated heterocycles. The number of rotatable bonds is 7. The van der Waals surface area contributed by atoms with Crippen molar-refractivity contribution in [1.29, 1.82) is 0 Å². The number of hydrogen-bond donors (Lipinski definition) is 2. The number of carbonyl (C=O) groups is 2. The number of halogens is 1. The van der Waals surface area contributed by atoms with Crippen LogP contribution in [0.4, 0.5) is 4.39 Å². The lowest BCUT2D eigenvalue weighted by molar-refractivity contribution is 0.0634. The van der Waals surface area contributed by atoms with Gasteiger partial charge >= 0.3 is 0 Å². The summed E-state index contributed by atoms with van der Waals surface area (Å²) in [6.45, 7) is 3.74. The van der Waals surface area contributed by atoms with Gasteiger partial charge in [-0.15, -0.1) is 5.10 Å². The maximum absolute atomic E-state index is 13.1. The molecule has 0 radical (unpaired) electrons. The smallest absolute Gasteiger partial charge is 0.269 e. The molecule has 0 saturated carbocycles. The number of benzene rings is 1. The molecule has 10 nitrogen and oxygen atoms in total. The number of carbonyl (C=O) groups excluding carboxylic acids is 2. The number of nitrogens with zero attached hydrogens (tertiary/aromatic N) is 5. The first-order valence-corrected chi connectivity index (χ1v) is 10.6. The van der Waals surface area contributed by atoms with Crippen LogP contribution in [0.5, 0.6) is 5.88 Å². The molecule has 174 valence electrons. The number of hydrogen-bond acceptors (Lipinski definition) is 6. The molecule has 0 spiro atoms. The van der Waals surface area contributed by atoms with E-state index < -0.39 is 0 Å². The maximum atomic E-state index is 13.1. The molecule has 1 aliphatic heterocycles. The van der Waals surface area contributed by atoms with Crippen LogP contribution in [0.15, 0.2) is 36.5 Å². The lowest BCUT2D eigenvalue weighted by Gasteiger charge is -2.34. The Morgan fingerprint density at radius 2 is 1.91 bits per heavy atom. The van der Waals surface area contributed by atoms with Crippen LogP contribution in [-0.4, -0.2) is 88.0 Å². The summed E-state index contributed by atoms with van der Waals surface area (Å²) in [5.41, 5.74) is 2.10. The molecular formula is C22H26FN7O3. The van der Waals surface area contributed by atoms with E-state index in [1.807, 2.05) is 0 Å². The quantitative estimate of drug-likeness (QED) is 0.553. The SMILES string of the molecule is COc1nn(C)cc1C(=O)N1CCN(CCNC(=O)c2cc(-c3ccc(F)cc3)n[nH]2)CC1. The van der Waals surface area contributed by atoms with Crippen molar-refractivity contribution in [1.82, 2.24) is 35.1 Å².